The molecule has 0 unspecified atom stereocenters. The zero-order valence-electron chi connectivity index (χ0n) is 23.8. The number of rotatable bonds is 9. The highest BCUT2D eigenvalue weighted by Crippen LogP contribution is 2.06. The summed E-state index contributed by atoms with van der Waals surface area (Å²) in [7, 11) is -3.06. The normalized spacial score (nSPS) is 13.0. The standard InChI is InChI=1S/C18H27N3O5S.C8H10.C2H6.C2H2/c1-27(24,25)13-5-8-19-17(22)16(14-15-6-3-2-4-7-15)20-18(23)21-9-11-26-12-10-21;1-2-8-6-4-3-5-7-8;2*1-2/h2-4,6-7,16H,5,8-14H2,1H3,(H,19,22)(H,20,23);3-7H,2H2,1H3;1-2H3;1-2H/t16-;;;/m0.../s1. The van der Waals surface area contributed by atoms with E-state index in [1.54, 1.807) is 4.90 Å². The molecule has 0 spiro atoms. The second-order valence-corrected chi connectivity index (χ2v) is 10.7. The Morgan fingerprint density at radius 1 is 0.949 bits per heavy atom. The van der Waals surface area contributed by atoms with Crippen molar-refractivity contribution in [3.8, 4) is 12.8 Å². The predicted molar refractivity (Wildman–Crippen MR) is 159 cm³/mol. The Hall–Kier alpha value is -3.35. The Morgan fingerprint density at radius 2 is 1.46 bits per heavy atom. The molecule has 2 aromatic rings. The molecule has 1 atom stereocenters. The first-order chi connectivity index (χ1) is 18.8. The van der Waals surface area contributed by atoms with Gasteiger partial charge in [0.25, 0.3) is 0 Å². The van der Waals surface area contributed by atoms with Gasteiger partial charge in [0.05, 0.1) is 19.0 Å². The van der Waals surface area contributed by atoms with Crippen LogP contribution >= 0.6 is 0 Å². The van der Waals surface area contributed by atoms with Crippen LogP contribution in [0.5, 0.6) is 0 Å². The van der Waals surface area contributed by atoms with E-state index in [-0.39, 0.29) is 24.2 Å². The molecule has 0 radical (unpaired) electrons. The van der Waals surface area contributed by atoms with Gasteiger partial charge in [-0.25, -0.2) is 13.2 Å². The van der Waals surface area contributed by atoms with Gasteiger partial charge in [0.15, 0.2) is 0 Å². The monoisotopic (exact) mass is 559 g/mol. The minimum atomic E-state index is -3.06. The Kier molecular flexibility index (Phi) is 19.7. The number of carbonyl (C=O) groups excluding carboxylic acids is 2. The largest absolute Gasteiger partial charge is 0.378 e. The molecule has 0 bridgehead atoms. The molecular formula is C30H45N3O5S. The molecule has 9 heteroatoms. The summed E-state index contributed by atoms with van der Waals surface area (Å²) < 4.78 is 27.6. The fourth-order valence-electron chi connectivity index (χ4n) is 3.45. The summed E-state index contributed by atoms with van der Waals surface area (Å²) in [6, 6.07) is 18.8. The number of carbonyl (C=O) groups is 2. The maximum atomic E-state index is 12.6. The molecule has 0 aromatic heterocycles. The topological polar surface area (TPSA) is 105 Å². The van der Waals surface area contributed by atoms with Gasteiger partial charge in [-0.05, 0) is 24.0 Å². The lowest BCUT2D eigenvalue weighted by atomic mass is 10.1. The van der Waals surface area contributed by atoms with Crippen molar-refractivity contribution in [3.63, 3.8) is 0 Å². The van der Waals surface area contributed by atoms with Crippen molar-refractivity contribution in [1.29, 1.82) is 0 Å². The zero-order valence-corrected chi connectivity index (χ0v) is 24.6. The van der Waals surface area contributed by atoms with E-state index >= 15 is 0 Å². The zero-order chi connectivity index (χ0) is 29.5. The number of nitrogens with one attached hydrogen (secondary N) is 2. The lowest BCUT2D eigenvalue weighted by molar-refractivity contribution is -0.122. The van der Waals surface area contributed by atoms with E-state index in [0.717, 1.165) is 18.2 Å². The van der Waals surface area contributed by atoms with Gasteiger partial charge in [-0.3, -0.25) is 4.79 Å². The van der Waals surface area contributed by atoms with Crippen molar-refractivity contribution in [2.75, 3.05) is 44.9 Å². The van der Waals surface area contributed by atoms with Crippen molar-refractivity contribution >= 4 is 21.8 Å². The highest BCUT2D eigenvalue weighted by atomic mass is 32.2. The van der Waals surface area contributed by atoms with Gasteiger partial charge in [0.1, 0.15) is 15.9 Å². The molecule has 3 amide bonds. The highest BCUT2D eigenvalue weighted by Gasteiger charge is 2.25. The first kappa shape index (κ1) is 35.6. The molecule has 1 aliphatic heterocycles. The first-order valence-corrected chi connectivity index (χ1v) is 15.3. The Morgan fingerprint density at radius 3 is 1.92 bits per heavy atom. The highest BCUT2D eigenvalue weighted by molar-refractivity contribution is 7.90. The average molecular weight is 560 g/mol. The maximum Gasteiger partial charge on any atom is 0.318 e. The number of ether oxygens (including phenoxy) is 1. The van der Waals surface area contributed by atoms with Gasteiger partial charge < -0.3 is 20.3 Å². The van der Waals surface area contributed by atoms with E-state index in [1.807, 2.05) is 50.2 Å². The molecule has 1 aliphatic rings. The van der Waals surface area contributed by atoms with Gasteiger partial charge in [0.2, 0.25) is 5.91 Å². The number of aryl methyl sites for hydroxylation is 1. The van der Waals surface area contributed by atoms with Crippen LogP contribution in [-0.2, 0) is 32.2 Å². The van der Waals surface area contributed by atoms with Gasteiger partial charge in [0, 0.05) is 32.3 Å². The van der Waals surface area contributed by atoms with Gasteiger partial charge in [-0.1, -0.05) is 81.4 Å². The number of hydrogen-bond acceptors (Lipinski definition) is 5. The smallest absolute Gasteiger partial charge is 0.318 e. The molecule has 8 nitrogen and oxygen atoms in total. The third-order valence-electron chi connectivity index (χ3n) is 5.44. The van der Waals surface area contributed by atoms with Crippen LogP contribution in [0.15, 0.2) is 60.7 Å². The lowest BCUT2D eigenvalue weighted by Crippen LogP contribution is -2.54. The SMILES string of the molecule is C#C.CC.CCc1ccccc1.CS(=O)(=O)CCCNC(=O)[C@H](Cc1ccccc1)NC(=O)N1CCOCC1. The second kappa shape index (κ2) is 21.6. The van der Waals surface area contributed by atoms with Crippen LogP contribution in [0, 0.1) is 12.8 Å². The molecule has 2 N–H and O–H groups in total. The summed E-state index contributed by atoms with van der Waals surface area (Å²) in [6.07, 6.45) is 11.0. The number of hydrogen-bond donors (Lipinski definition) is 2. The molecular weight excluding hydrogens is 514 g/mol. The second-order valence-electron chi connectivity index (χ2n) is 8.40. The van der Waals surface area contributed by atoms with Crippen LogP contribution in [0.2, 0.25) is 0 Å². The van der Waals surface area contributed by atoms with Crippen LogP contribution in [0.3, 0.4) is 0 Å². The fraction of sp³-hybridized carbons (Fsp3) is 0.467. The van der Waals surface area contributed by atoms with E-state index in [1.165, 1.54) is 5.56 Å². The summed E-state index contributed by atoms with van der Waals surface area (Å²) in [6.45, 7) is 8.34. The van der Waals surface area contributed by atoms with E-state index in [9.17, 15) is 18.0 Å². The minimum absolute atomic E-state index is 0.0107. The molecule has 1 heterocycles. The molecule has 3 rings (SSSR count). The van der Waals surface area contributed by atoms with Crippen molar-refractivity contribution in [2.45, 2.75) is 46.1 Å². The van der Waals surface area contributed by atoms with E-state index in [0.29, 0.717) is 39.1 Å². The average Bonchev–Trinajstić information content (AvgIpc) is 2.98. The van der Waals surface area contributed by atoms with Crippen LogP contribution in [0.4, 0.5) is 4.79 Å². The number of amides is 3. The predicted octanol–water partition coefficient (Wildman–Crippen LogP) is 3.72. The molecule has 39 heavy (non-hydrogen) atoms. The number of nitrogens with zero attached hydrogens (tertiary/aromatic N) is 1. The Balaban J connectivity index is 0.00000101. The van der Waals surface area contributed by atoms with Crippen LogP contribution in [0.1, 0.15) is 38.3 Å². The maximum absolute atomic E-state index is 12.6. The van der Waals surface area contributed by atoms with E-state index < -0.39 is 15.9 Å². The third-order valence-corrected chi connectivity index (χ3v) is 6.47. The quantitative estimate of drug-likeness (QED) is 0.360. The number of morpholine rings is 1. The molecule has 0 aliphatic carbocycles. The number of sulfone groups is 1. The first-order valence-electron chi connectivity index (χ1n) is 13.3. The van der Waals surface area contributed by atoms with Crippen molar-refractivity contribution < 1.29 is 22.7 Å². The summed E-state index contributed by atoms with van der Waals surface area (Å²) in [5.41, 5.74) is 2.34. The summed E-state index contributed by atoms with van der Waals surface area (Å²) in [5, 5.41) is 5.52. The van der Waals surface area contributed by atoms with Crippen LogP contribution < -0.4 is 10.6 Å². The van der Waals surface area contributed by atoms with Crippen LogP contribution in [0.25, 0.3) is 0 Å². The van der Waals surface area contributed by atoms with E-state index in [2.05, 4.69) is 54.7 Å². The van der Waals surface area contributed by atoms with Gasteiger partial charge in [-0.15, -0.1) is 12.8 Å². The Bertz CT molecular complexity index is 1040. The van der Waals surface area contributed by atoms with E-state index in [4.69, 9.17) is 4.74 Å². The summed E-state index contributed by atoms with van der Waals surface area (Å²) >= 11 is 0. The summed E-state index contributed by atoms with van der Waals surface area (Å²) in [4.78, 5) is 26.7. The lowest BCUT2D eigenvalue weighted by Gasteiger charge is -2.29. The van der Waals surface area contributed by atoms with Crippen LogP contribution in [-0.4, -0.2) is 76.2 Å². The van der Waals surface area contributed by atoms with Gasteiger partial charge >= 0.3 is 6.03 Å². The molecule has 1 saturated heterocycles. The van der Waals surface area contributed by atoms with Gasteiger partial charge in [-0.2, -0.15) is 0 Å². The number of benzene rings is 2. The van der Waals surface area contributed by atoms with Crippen molar-refractivity contribution in [2.24, 2.45) is 0 Å². The summed E-state index contributed by atoms with van der Waals surface area (Å²) in [5.74, 6) is -0.314. The molecule has 216 valence electrons. The fourth-order valence-corrected chi connectivity index (χ4v) is 4.12. The number of terminal acetylenes is 1. The molecule has 2 aromatic carbocycles. The minimum Gasteiger partial charge on any atom is -0.378 e. The van der Waals surface area contributed by atoms with Crippen molar-refractivity contribution in [3.05, 3.63) is 71.8 Å². The molecule has 1 fully saturated rings. The third kappa shape index (κ3) is 17.0. The molecule has 0 saturated carbocycles. The Labute approximate surface area is 235 Å². The number of urea groups is 1. The van der Waals surface area contributed by atoms with Crippen molar-refractivity contribution in [1.82, 2.24) is 15.5 Å².